The smallest absolute Gasteiger partial charge is 0.247 e. The Bertz CT molecular complexity index is 417. The molecule has 1 heterocycles. The zero-order valence-electron chi connectivity index (χ0n) is 11.6. The van der Waals surface area contributed by atoms with E-state index in [0.29, 0.717) is 6.67 Å². The molecule has 0 saturated carbocycles. The highest BCUT2D eigenvalue weighted by molar-refractivity contribution is 5.94. The molecule has 0 atom stereocenters. The number of carbonyl (C=O) groups excluding carboxylic acids is 1. The summed E-state index contributed by atoms with van der Waals surface area (Å²) in [6.45, 7) is 9.10. The average molecular weight is 246 g/mol. The van der Waals surface area contributed by atoms with Gasteiger partial charge < -0.3 is 10.2 Å². The Labute approximate surface area is 109 Å². The van der Waals surface area contributed by atoms with E-state index in [1.54, 1.807) is 0 Å². The van der Waals surface area contributed by atoms with Gasteiger partial charge in [-0.25, -0.2) is 0 Å². The van der Waals surface area contributed by atoms with Gasteiger partial charge in [-0.3, -0.25) is 4.79 Å². The third-order valence-corrected chi connectivity index (χ3v) is 4.04. The maximum atomic E-state index is 12.4. The van der Waals surface area contributed by atoms with Crippen LogP contribution in [0.2, 0.25) is 0 Å². The lowest BCUT2D eigenvalue weighted by Crippen LogP contribution is -2.57. The molecule has 0 bridgehead atoms. The number of benzene rings is 1. The normalized spacial score (nSPS) is 18.6. The standard InChI is InChI=1S/C15H22N2O/c1-11(2)15(12(3)4)14(18)16-10-17(15)13-8-6-5-7-9-13/h5-9,11-12H,10H2,1-4H3,(H,16,18). The van der Waals surface area contributed by atoms with Gasteiger partial charge in [-0.1, -0.05) is 45.9 Å². The number of para-hydroxylation sites is 1. The summed E-state index contributed by atoms with van der Waals surface area (Å²) in [5, 5.41) is 3.01. The molecule has 2 rings (SSSR count). The van der Waals surface area contributed by atoms with Gasteiger partial charge in [0.25, 0.3) is 0 Å². The number of nitrogens with zero attached hydrogens (tertiary/aromatic N) is 1. The molecule has 18 heavy (non-hydrogen) atoms. The molecular formula is C15H22N2O. The number of amides is 1. The van der Waals surface area contributed by atoms with Gasteiger partial charge in [-0.15, -0.1) is 0 Å². The molecule has 1 aromatic rings. The van der Waals surface area contributed by atoms with Crippen molar-refractivity contribution in [2.24, 2.45) is 11.8 Å². The molecule has 0 unspecified atom stereocenters. The van der Waals surface area contributed by atoms with E-state index >= 15 is 0 Å². The molecule has 3 heteroatoms. The minimum atomic E-state index is -0.443. The molecule has 98 valence electrons. The van der Waals surface area contributed by atoms with Crippen LogP contribution < -0.4 is 10.2 Å². The van der Waals surface area contributed by atoms with Crippen molar-refractivity contribution < 1.29 is 4.79 Å². The number of hydrogen-bond acceptors (Lipinski definition) is 2. The van der Waals surface area contributed by atoms with E-state index < -0.39 is 5.54 Å². The Morgan fingerprint density at radius 1 is 1.11 bits per heavy atom. The zero-order chi connectivity index (χ0) is 13.3. The second kappa shape index (κ2) is 4.63. The first-order chi connectivity index (χ1) is 8.51. The SMILES string of the molecule is CC(C)C1(C(C)C)C(=O)NCN1c1ccccc1. The summed E-state index contributed by atoms with van der Waals surface area (Å²) in [4.78, 5) is 14.6. The lowest BCUT2D eigenvalue weighted by molar-refractivity contribution is -0.126. The Morgan fingerprint density at radius 3 is 2.17 bits per heavy atom. The molecule has 1 aromatic carbocycles. The van der Waals surface area contributed by atoms with E-state index in [0.717, 1.165) is 5.69 Å². The lowest BCUT2D eigenvalue weighted by atomic mass is 9.75. The van der Waals surface area contributed by atoms with E-state index in [2.05, 4.69) is 50.0 Å². The molecule has 1 fully saturated rings. The van der Waals surface area contributed by atoms with Crippen LogP contribution in [-0.2, 0) is 4.79 Å². The summed E-state index contributed by atoms with van der Waals surface area (Å²) in [6, 6.07) is 10.2. The first-order valence-electron chi connectivity index (χ1n) is 6.62. The van der Waals surface area contributed by atoms with Gasteiger partial charge >= 0.3 is 0 Å². The highest BCUT2D eigenvalue weighted by Gasteiger charge is 2.53. The molecule has 0 aliphatic carbocycles. The van der Waals surface area contributed by atoms with Crippen LogP contribution in [0.5, 0.6) is 0 Å². The molecule has 1 N–H and O–H groups in total. The third kappa shape index (κ3) is 1.69. The van der Waals surface area contributed by atoms with Crippen LogP contribution in [0, 0.1) is 11.8 Å². The fraction of sp³-hybridized carbons (Fsp3) is 0.533. The molecule has 0 spiro atoms. The Morgan fingerprint density at radius 2 is 1.67 bits per heavy atom. The summed E-state index contributed by atoms with van der Waals surface area (Å²) >= 11 is 0. The minimum absolute atomic E-state index is 0.149. The van der Waals surface area contributed by atoms with Crippen LogP contribution in [0.15, 0.2) is 30.3 Å². The molecule has 0 radical (unpaired) electrons. The molecule has 3 nitrogen and oxygen atoms in total. The topological polar surface area (TPSA) is 32.3 Å². The van der Waals surface area contributed by atoms with E-state index in [9.17, 15) is 4.79 Å². The quantitative estimate of drug-likeness (QED) is 0.889. The summed E-state index contributed by atoms with van der Waals surface area (Å²) in [5.41, 5.74) is 0.666. The summed E-state index contributed by atoms with van der Waals surface area (Å²) < 4.78 is 0. The Hall–Kier alpha value is -1.51. The first kappa shape index (κ1) is 12.9. The largest absolute Gasteiger partial charge is 0.339 e. The van der Waals surface area contributed by atoms with Crippen molar-refractivity contribution in [2.75, 3.05) is 11.6 Å². The average Bonchev–Trinajstić information content (AvgIpc) is 2.68. The van der Waals surface area contributed by atoms with Crippen LogP contribution in [-0.4, -0.2) is 18.1 Å². The minimum Gasteiger partial charge on any atom is -0.339 e. The third-order valence-electron chi connectivity index (χ3n) is 4.04. The second-order valence-electron chi connectivity index (χ2n) is 5.56. The van der Waals surface area contributed by atoms with Crippen LogP contribution in [0.3, 0.4) is 0 Å². The van der Waals surface area contributed by atoms with Gasteiger partial charge in [-0.2, -0.15) is 0 Å². The van der Waals surface area contributed by atoms with E-state index in [1.807, 2.05) is 18.2 Å². The number of anilines is 1. The van der Waals surface area contributed by atoms with Crippen LogP contribution >= 0.6 is 0 Å². The molecular weight excluding hydrogens is 224 g/mol. The fourth-order valence-electron chi connectivity index (χ4n) is 3.27. The summed E-state index contributed by atoms with van der Waals surface area (Å²) in [5.74, 6) is 0.678. The number of hydrogen-bond donors (Lipinski definition) is 1. The van der Waals surface area contributed by atoms with Crippen molar-refractivity contribution in [3.8, 4) is 0 Å². The molecule has 1 saturated heterocycles. The molecule has 0 aromatic heterocycles. The predicted octanol–water partition coefficient (Wildman–Crippen LogP) is 2.63. The van der Waals surface area contributed by atoms with Gasteiger partial charge in [0.1, 0.15) is 5.54 Å². The summed E-state index contributed by atoms with van der Waals surface area (Å²) in [7, 11) is 0. The Balaban J connectivity index is 2.50. The van der Waals surface area contributed by atoms with Gasteiger partial charge in [0.05, 0.1) is 6.67 Å². The number of rotatable bonds is 3. The van der Waals surface area contributed by atoms with Gasteiger partial charge in [0.15, 0.2) is 0 Å². The van der Waals surface area contributed by atoms with Gasteiger partial charge in [0.2, 0.25) is 5.91 Å². The van der Waals surface area contributed by atoms with Gasteiger partial charge in [0, 0.05) is 5.69 Å². The predicted molar refractivity (Wildman–Crippen MR) is 74.3 cm³/mol. The Kier molecular flexibility index (Phi) is 3.33. The van der Waals surface area contributed by atoms with Crippen molar-refractivity contribution in [3.63, 3.8) is 0 Å². The van der Waals surface area contributed by atoms with Crippen LogP contribution in [0.1, 0.15) is 27.7 Å². The number of nitrogens with one attached hydrogen (secondary N) is 1. The first-order valence-corrected chi connectivity index (χ1v) is 6.62. The van der Waals surface area contributed by atoms with E-state index in [-0.39, 0.29) is 17.7 Å². The molecule has 1 aliphatic rings. The maximum absolute atomic E-state index is 12.4. The maximum Gasteiger partial charge on any atom is 0.247 e. The monoisotopic (exact) mass is 246 g/mol. The lowest BCUT2D eigenvalue weighted by Gasteiger charge is -2.43. The van der Waals surface area contributed by atoms with E-state index in [1.165, 1.54) is 0 Å². The van der Waals surface area contributed by atoms with Crippen LogP contribution in [0.25, 0.3) is 0 Å². The van der Waals surface area contributed by atoms with Crippen molar-refractivity contribution in [3.05, 3.63) is 30.3 Å². The van der Waals surface area contributed by atoms with Crippen molar-refractivity contribution >= 4 is 11.6 Å². The highest BCUT2D eigenvalue weighted by atomic mass is 16.2. The molecule has 1 aliphatic heterocycles. The highest BCUT2D eigenvalue weighted by Crippen LogP contribution is 2.39. The second-order valence-corrected chi connectivity index (χ2v) is 5.56. The fourth-order valence-corrected chi connectivity index (χ4v) is 3.27. The zero-order valence-corrected chi connectivity index (χ0v) is 11.6. The summed E-state index contributed by atoms with van der Waals surface area (Å²) in [6.07, 6.45) is 0. The van der Waals surface area contributed by atoms with Gasteiger partial charge in [-0.05, 0) is 24.0 Å². The molecule has 1 amide bonds. The van der Waals surface area contributed by atoms with Crippen molar-refractivity contribution in [1.82, 2.24) is 5.32 Å². The van der Waals surface area contributed by atoms with Crippen LogP contribution in [0.4, 0.5) is 5.69 Å². The van der Waals surface area contributed by atoms with E-state index in [4.69, 9.17) is 0 Å². The van der Waals surface area contributed by atoms with Crippen molar-refractivity contribution in [1.29, 1.82) is 0 Å². The number of carbonyl (C=O) groups is 1. The van der Waals surface area contributed by atoms with Crippen molar-refractivity contribution in [2.45, 2.75) is 33.2 Å².